The highest BCUT2D eigenvalue weighted by Gasteiger charge is 2.12. The van der Waals surface area contributed by atoms with Crippen LogP contribution in [0.2, 0.25) is 0 Å². The molecule has 0 radical (unpaired) electrons. The van der Waals surface area contributed by atoms with E-state index in [0.717, 1.165) is 23.5 Å². The largest absolute Gasteiger partial charge is 0.490 e. The monoisotopic (exact) mass is 265 g/mol. The van der Waals surface area contributed by atoms with E-state index < -0.39 is 5.97 Å². The van der Waals surface area contributed by atoms with Crippen molar-refractivity contribution in [3.63, 3.8) is 0 Å². The zero-order valence-corrected chi connectivity index (χ0v) is 11.0. The van der Waals surface area contributed by atoms with E-state index in [0.29, 0.717) is 26.3 Å². The third-order valence-corrected chi connectivity index (χ3v) is 3.01. The first-order valence-corrected chi connectivity index (χ1v) is 6.49. The van der Waals surface area contributed by atoms with Crippen LogP contribution in [-0.4, -0.2) is 30.8 Å². The van der Waals surface area contributed by atoms with Crippen LogP contribution in [-0.2, 0) is 11.3 Å². The summed E-state index contributed by atoms with van der Waals surface area (Å²) in [5, 5.41) is 11.9. The van der Waals surface area contributed by atoms with Crippen molar-refractivity contribution in [2.75, 3.05) is 19.8 Å². The molecule has 2 N–H and O–H groups in total. The van der Waals surface area contributed by atoms with E-state index in [1.807, 2.05) is 18.2 Å². The van der Waals surface area contributed by atoms with Gasteiger partial charge in [-0.1, -0.05) is 13.0 Å². The lowest BCUT2D eigenvalue weighted by atomic mass is 10.1. The number of carbonyl (C=O) groups is 1. The zero-order valence-electron chi connectivity index (χ0n) is 11.0. The summed E-state index contributed by atoms with van der Waals surface area (Å²) in [5.41, 5.74) is 1.06. The summed E-state index contributed by atoms with van der Waals surface area (Å²) in [7, 11) is 0. The maximum atomic E-state index is 10.7. The second-order valence-electron chi connectivity index (χ2n) is 4.70. The van der Waals surface area contributed by atoms with Crippen molar-refractivity contribution in [3.05, 3.63) is 23.8 Å². The summed E-state index contributed by atoms with van der Waals surface area (Å²) in [6, 6.07) is 5.81. The normalized spacial score (nSPS) is 15.6. The van der Waals surface area contributed by atoms with Crippen LogP contribution >= 0.6 is 0 Å². The van der Waals surface area contributed by atoms with E-state index in [-0.39, 0.29) is 5.92 Å². The SMILES string of the molecule is CC(CNCc1ccc2c(c1)OCCCO2)C(=O)O. The van der Waals surface area contributed by atoms with Gasteiger partial charge in [0.15, 0.2) is 11.5 Å². The van der Waals surface area contributed by atoms with Crippen molar-refractivity contribution in [2.45, 2.75) is 19.9 Å². The first-order chi connectivity index (χ1) is 9.16. The van der Waals surface area contributed by atoms with E-state index in [1.165, 1.54) is 0 Å². The molecule has 5 nitrogen and oxygen atoms in total. The molecule has 0 amide bonds. The Labute approximate surface area is 112 Å². The van der Waals surface area contributed by atoms with Crippen LogP contribution in [0.25, 0.3) is 0 Å². The number of ether oxygens (including phenoxy) is 2. The lowest BCUT2D eigenvalue weighted by Crippen LogP contribution is -2.25. The molecule has 1 aliphatic heterocycles. The maximum Gasteiger partial charge on any atom is 0.307 e. The lowest BCUT2D eigenvalue weighted by Gasteiger charge is -2.11. The van der Waals surface area contributed by atoms with Crippen molar-refractivity contribution >= 4 is 5.97 Å². The van der Waals surface area contributed by atoms with Gasteiger partial charge in [0.05, 0.1) is 19.1 Å². The first kappa shape index (κ1) is 13.7. The predicted molar refractivity (Wildman–Crippen MR) is 70.6 cm³/mol. The molecular weight excluding hydrogens is 246 g/mol. The quantitative estimate of drug-likeness (QED) is 0.847. The van der Waals surface area contributed by atoms with Crippen LogP contribution in [0, 0.1) is 5.92 Å². The van der Waals surface area contributed by atoms with Gasteiger partial charge >= 0.3 is 5.97 Å². The Morgan fingerprint density at radius 2 is 2.11 bits per heavy atom. The van der Waals surface area contributed by atoms with Crippen molar-refractivity contribution in [1.29, 1.82) is 0 Å². The van der Waals surface area contributed by atoms with Gasteiger partial charge in [0.25, 0.3) is 0 Å². The van der Waals surface area contributed by atoms with Crippen molar-refractivity contribution in [2.24, 2.45) is 5.92 Å². The summed E-state index contributed by atoms with van der Waals surface area (Å²) < 4.78 is 11.2. The van der Waals surface area contributed by atoms with Gasteiger partial charge in [0.1, 0.15) is 0 Å². The fraction of sp³-hybridized carbons (Fsp3) is 0.500. The molecule has 1 aromatic rings. The number of hydrogen-bond donors (Lipinski definition) is 2. The molecule has 0 spiro atoms. The third kappa shape index (κ3) is 3.86. The standard InChI is InChI=1S/C14H19NO4/c1-10(14(16)17)8-15-9-11-3-4-12-13(7-11)19-6-2-5-18-12/h3-4,7,10,15H,2,5-6,8-9H2,1H3,(H,16,17). The highest BCUT2D eigenvalue weighted by atomic mass is 16.5. The third-order valence-electron chi connectivity index (χ3n) is 3.01. The molecule has 19 heavy (non-hydrogen) atoms. The maximum absolute atomic E-state index is 10.7. The van der Waals surface area contributed by atoms with Gasteiger partial charge < -0.3 is 19.9 Å². The summed E-state index contributed by atoms with van der Waals surface area (Å²) in [4.78, 5) is 10.7. The smallest absolute Gasteiger partial charge is 0.307 e. The first-order valence-electron chi connectivity index (χ1n) is 6.49. The molecule has 0 saturated heterocycles. The summed E-state index contributed by atoms with van der Waals surface area (Å²) >= 11 is 0. The van der Waals surface area contributed by atoms with Gasteiger partial charge in [0, 0.05) is 19.5 Å². The molecule has 1 unspecified atom stereocenters. The van der Waals surface area contributed by atoms with Crippen LogP contribution in [0.3, 0.4) is 0 Å². The summed E-state index contributed by atoms with van der Waals surface area (Å²) in [5.74, 6) is 0.370. The number of rotatable bonds is 5. The molecule has 0 fully saturated rings. The zero-order chi connectivity index (χ0) is 13.7. The minimum Gasteiger partial charge on any atom is -0.490 e. The van der Waals surface area contributed by atoms with Gasteiger partial charge in [-0.25, -0.2) is 0 Å². The summed E-state index contributed by atoms with van der Waals surface area (Å²) in [6.45, 7) is 4.10. The molecule has 0 saturated carbocycles. The molecule has 0 bridgehead atoms. The Morgan fingerprint density at radius 3 is 2.84 bits per heavy atom. The molecule has 2 rings (SSSR count). The fourth-order valence-corrected chi connectivity index (χ4v) is 1.84. The van der Waals surface area contributed by atoms with E-state index in [4.69, 9.17) is 14.6 Å². The van der Waals surface area contributed by atoms with Crippen molar-refractivity contribution in [1.82, 2.24) is 5.32 Å². The van der Waals surface area contributed by atoms with E-state index in [9.17, 15) is 4.79 Å². The molecule has 5 heteroatoms. The molecular formula is C14H19NO4. The Hall–Kier alpha value is -1.75. The molecule has 1 heterocycles. The number of carboxylic acid groups (broad SMARTS) is 1. The van der Waals surface area contributed by atoms with Gasteiger partial charge in [-0.05, 0) is 17.7 Å². The second kappa shape index (κ2) is 6.43. The fourth-order valence-electron chi connectivity index (χ4n) is 1.84. The molecule has 104 valence electrons. The van der Waals surface area contributed by atoms with Crippen LogP contribution < -0.4 is 14.8 Å². The highest BCUT2D eigenvalue weighted by Crippen LogP contribution is 2.30. The molecule has 0 aliphatic carbocycles. The van der Waals surface area contributed by atoms with Crippen LogP contribution in [0.15, 0.2) is 18.2 Å². The van der Waals surface area contributed by atoms with Gasteiger partial charge in [-0.15, -0.1) is 0 Å². The minimum absolute atomic E-state index is 0.389. The Balaban J connectivity index is 1.91. The average molecular weight is 265 g/mol. The number of benzene rings is 1. The highest BCUT2D eigenvalue weighted by molar-refractivity contribution is 5.69. The van der Waals surface area contributed by atoms with Crippen LogP contribution in [0.1, 0.15) is 18.9 Å². The van der Waals surface area contributed by atoms with Gasteiger partial charge in [-0.2, -0.15) is 0 Å². The van der Waals surface area contributed by atoms with Gasteiger partial charge in [0.2, 0.25) is 0 Å². The minimum atomic E-state index is -0.786. The lowest BCUT2D eigenvalue weighted by molar-refractivity contribution is -0.140. The average Bonchev–Trinajstić information content (AvgIpc) is 2.63. The Kier molecular flexibility index (Phi) is 4.63. The number of aliphatic carboxylic acids is 1. The Bertz CT molecular complexity index is 447. The van der Waals surface area contributed by atoms with E-state index in [1.54, 1.807) is 6.92 Å². The molecule has 0 aromatic heterocycles. The Morgan fingerprint density at radius 1 is 1.37 bits per heavy atom. The molecule has 1 aliphatic rings. The van der Waals surface area contributed by atoms with Crippen molar-refractivity contribution < 1.29 is 19.4 Å². The van der Waals surface area contributed by atoms with E-state index in [2.05, 4.69) is 5.32 Å². The van der Waals surface area contributed by atoms with E-state index >= 15 is 0 Å². The number of fused-ring (bicyclic) bond motifs is 1. The second-order valence-corrected chi connectivity index (χ2v) is 4.70. The van der Waals surface area contributed by atoms with Gasteiger partial charge in [-0.3, -0.25) is 4.79 Å². The number of hydrogen-bond acceptors (Lipinski definition) is 4. The molecule has 1 aromatic carbocycles. The number of nitrogens with one attached hydrogen (secondary N) is 1. The predicted octanol–water partition coefficient (Wildman–Crippen LogP) is 1.66. The van der Waals surface area contributed by atoms with Crippen molar-refractivity contribution in [3.8, 4) is 11.5 Å². The topological polar surface area (TPSA) is 67.8 Å². The summed E-state index contributed by atoms with van der Waals surface area (Å²) in [6.07, 6.45) is 0.887. The van der Waals surface area contributed by atoms with Crippen LogP contribution in [0.4, 0.5) is 0 Å². The molecule has 1 atom stereocenters. The van der Waals surface area contributed by atoms with Crippen LogP contribution in [0.5, 0.6) is 11.5 Å². The number of carboxylic acids is 1.